The van der Waals surface area contributed by atoms with Gasteiger partial charge in [0.1, 0.15) is 0 Å². The van der Waals surface area contributed by atoms with Crippen molar-refractivity contribution in [3.63, 3.8) is 0 Å². The zero-order valence-electron chi connectivity index (χ0n) is 8.94. The first kappa shape index (κ1) is 9.65. The summed E-state index contributed by atoms with van der Waals surface area (Å²) in [4.78, 5) is 9.15. The fourth-order valence-corrected chi connectivity index (χ4v) is 1.85. The summed E-state index contributed by atoms with van der Waals surface area (Å²) in [5.74, 6) is 0. The Labute approximate surface area is 102 Å². The van der Waals surface area contributed by atoms with E-state index in [1.54, 1.807) is 0 Å². The Balaban J connectivity index is 2.56. The van der Waals surface area contributed by atoms with Gasteiger partial charge < -0.3 is 0 Å². The summed E-state index contributed by atoms with van der Waals surface area (Å²) >= 11 is 2.02. The van der Waals surface area contributed by atoms with Crippen LogP contribution in [-0.4, -0.2) is 27.7 Å². The molecule has 0 saturated carbocycles. The third-order valence-electron chi connectivity index (χ3n) is 2.73. The van der Waals surface area contributed by atoms with E-state index < -0.39 is 0 Å². The summed E-state index contributed by atoms with van der Waals surface area (Å²) in [7, 11) is 0. The predicted octanol–water partition coefficient (Wildman–Crippen LogP) is 1.16. The monoisotopic (exact) mass is 201 g/mol. The molecule has 0 aliphatic carbocycles. The zero-order chi connectivity index (χ0) is 11.1. The van der Waals surface area contributed by atoms with Gasteiger partial charge in [-0.1, -0.05) is 0 Å². The molecule has 0 unspecified atom stereocenters. The fraction of sp³-hybridized carbons (Fsp3) is 0. The van der Waals surface area contributed by atoms with E-state index in [1.165, 1.54) is 0 Å². The predicted molar refractivity (Wildman–Crippen MR) is 66.8 cm³/mol. The summed E-state index contributed by atoms with van der Waals surface area (Å²) in [6.07, 6.45) is 0. The maximum atomic E-state index is 5.91. The second kappa shape index (κ2) is 3.48. The Hall–Kier alpha value is -1.56. The van der Waals surface area contributed by atoms with E-state index in [9.17, 15) is 0 Å². The van der Waals surface area contributed by atoms with Crippen LogP contribution in [-0.2, 0) is 0 Å². The molecule has 72 valence electrons. The molecule has 2 N–H and O–H groups in total. The van der Waals surface area contributed by atoms with E-state index in [4.69, 9.17) is 5.73 Å². The van der Waals surface area contributed by atoms with Crippen LogP contribution in [0.3, 0.4) is 0 Å². The molecule has 0 fully saturated rings. The van der Waals surface area contributed by atoms with Gasteiger partial charge in [0.05, 0.1) is 0 Å². The molecular weight excluding hydrogens is 193 g/mol. The molecule has 3 nitrogen and oxygen atoms in total. The molecule has 3 aromatic rings. The molecule has 0 radical (unpaired) electrons. The number of para-hydroxylation sites is 2. The minimum absolute atomic E-state index is 0.679. The number of fused-ring (bicyclic) bond motifs is 2. The second-order valence-corrected chi connectivity index (χ2v) is 3.88. The number of hydrogen-bond acceptors (Lipinski definition) is 3. The molecule has 0 atom stereocenters. The molecule has 0 saturated heterocycles. The van der Waals surface area contributed by atoms with Crippen molar-refractivity contribution < 1.29 is 0 Å². The van der Waals surface area contributed by atoms with Crippen LogP contribution in [0.4, 0.5) is 5.69 Å². The van der Waals surface area contributed by atoms with Gasteiger partial charge in [-0.3, -0.25) is 0 Å². The Morgan fingerprint density at radius 2 is 1.50 bits per heavy atom. The summed E-state index contributed by atoms with van der Waals surface area (Å²) < 4.78 is 1.10. The number of anilines is 1. The van der Waals surface area contributed by atoms with Gasteiger partial charge in [0, 0.05) is 0 Å². The van der Waals surface area contributed by atoms with Crippen molar-refractivity contribution in [1.29, 1.82) is 0 Å². The van der Waals surface area contributed by atoms with E-state index in [0.717, 1.165) is 26.3 Å². The molecule has 2 aromatic carbocycles. The van der Waals surface area contributed by atoms with Gasteiger partial charge in [-0.2, -0.15) is 0 Å². The Morgan fingerprint density at radius 3 is 2.19 bits per heavy atom. The zero-order valence-corrected chi connectivity index (χ0v) is 8.94. The van der Waals surface area contributed by atoms with E-state index in [1.807, 2.05) is 54.1 Å². The first-order valence-corrected chi connectivity index (χ1v) is 5.17. The van der Waals surface area contributed by atoms with Gasteiger partial charge in [0.2, 0.25) is 0 Å². The van der Waals surface area contributed by atoms with Crippen molar-refractivity contribution in [1.82, 2.24) is 9.97 Å². The molecule has 1 aromatic heterocycles. The second-order valence-electron chi connectivity index (χ2n) is 3.88. The van der Waals surface area contributed by atoms with Crippen LogP contribution in [0, 0.1) is 0 Å². The van der Waals surface area contributed by atoms with Gasteiger partial charge >= 0.3 is 102 Å². The number of nitrogen functional groups attached to an aromatic ring is 1. The summed E-state index contributed by atoms with van der Waals surface area (Å²) in [6.45, 7) is 0. The number of aromatic nitrogens is 2. The number of nitrogens with zero attached hydrogens (tertiary/aromatic N) is 2. The normalized spacial score (nSPS) is 11.1. The topological polar surface area (TPSA) is 51.8 Å². The molecule has 1 heterocycles. The van der Waals surface area contributed by atoms with Crippen molar-refractivity contribution in [2.45, 2.75) is 0 Å². The standard InChI is InChI=1S/C12H8N3.Li/c13-8-4-3-7-11-12(8)15-10-6-2-1-5-9(10)14-11;/h1-6H,13H2;. The van der Waals surface area contributed by atoms with Gasteiger partial charge in [-0.05, 0) is 0 Å². The molecule has 16 heavy (non-hydrogen) atoms. The summed E-state index contributed by atoms with van der Waals surface area (Å²) in [6, 6.07) is 11.7. The van der Waals surface area contributed by atoms with Gasteiger partial charge in [0.25, 0.3) is 0 Å². The Morgan fingerprint density at radius 1 is 0.875 bits per heavy atom. The van der Waals surface area contributed by atoms with Crippen molar-refractivity contribution in [2.24, 2.45) is 0 Å². The number of hydrogen-bond donors (Lipinski definition) is 1. The maximum absolute atomic E-state index is 5.91. The Bertz CT molecular complexity index is 634. The van der Waals surface area contributed by atoms with Crippen molar-refractivity contribution in [3.8, 4) is 0 Å². The van der Waals surface area contributed by atoms with E-state index in [-0.39, 0.29) is 0 Å². The van der Waals surface area contributed by atoms with E-state index in [0.29, 0.717) is 5.69 Å². The van der Waals surface area contributed by atoms with Crippen molar-refractivity contribution in [3.05, 3.63) is 36.4 Å². The van der Waals surface area contributed by atoms with Crippen LogP contribution in [0.2, 0.25) is 0 Å². The van der Waals surface area contributed by atoms with Crippen LogP contribution >= 0.6 is 0 Å². The number of benzene rings is 2. The van der Waals surface area contributed by atoms with Crippen LogP contribution in [0.1, 0.15) is 0 Å². The summed E-state index contributed by atoms with van der Waals surface area (Å²) in [5.41, 5.74) is 10.1. The van der Waals surface area contributed by atoms with Crippen LogP contribution in [0.15, 0.2) is 36.4 Å². The molecule has 0 amide bonds. The first-order valence-electron chi connectivity index (χ1n) is 5.17. The quantitative estimate of drug-likeness (QED) is 0.337. The molecule has 4 heteroatoms. The van der Waals surface area contributed by atoms with Gasteiger partial charge in [-0.15, -0.1) is 0 Å². The first-order chi connectivity index (χ1) is 7.75. The van der Waals surface area contributed by atoms with Gasteiger partial charge in [-0.25, -0.2) is 0 Å². The molecule has 0 bridgehead atoms. The molecule has 0 spiro atoms. The minimum atomic E-state index is 0.679. The average Bonchev–Trinajstić information content (AvgIpc) is 2.32. The number of rotatable bonds is 0. The van der Waals surface area contributed by atoms with Gasteiger partial charge in [0.15, 0.2) is 0 Å². The average molecular weight is 201 g/mol. The van der Waals surface area contributed by atoms with Crippen molar-refractivity contribution in [2.75, 3.05) is 5.73 Å². The van der Waals surface area contributed by atoms with Crippen LogP contribution < -0.4 is 9.97 Å². The third kappa shape index (κ3) is 1.37. The molecule has 0 aliphatic heterocycles. The third-order valence-corrected chi connectivity index (χ3v) is 2.73. The fourth-order valence-electron chi connectivity index (χ4n) is 1.85. The van der Waals surface area contributed by atoms with Crippen molar-refractivity contribution >= 4 is 49.7 Å². The summed E-state index contributed by atoms with van der Waals surface area (Å²) in [5, 5.41) is 0. The van der Waals surface area contributed by atoms with E-state index >= 15 is 0 Å². The SMILES string of the molecule is [Li][c]1ccc(N)c2nc3ccccc3nc12. The molecule has 3 rings (SSSR count). The van der Waals surface area contributed by atoms with Crippen LogP contribution in [0.5, 0.6) is 0 Å². The molecular formula is C12H8LiN3. The number of nitrogens with two attached hydrogens (primary N) is 1. The van der Waals surface area contributed by atoms with Crippen LogP contribution in [0.25, 0.3) is 22.1 Å². The Kier molecular flexibility index (Phi) is 2.10. The molecule has 0 aliphatic rings. The van der Waals surface area contributed by atoms with E-state index in [2.05, 4.69) is 9.97 Å².